The molecule has 1 aliphatic rings. The summed E-state index contributed by atoms with van der Waals surface area (Å²) in [4.78, 5) is 12.4. The first-order chi connectivity index (χ1) is 12.3. The van der Waals surface area contributed by atoms with E-state index in [9.17, 15) is 4.79 Å². The number of benzene rings is 1. The van der Waals surface area contributed by atoms with Gasteiger partial charge in [0.2, 0.25) is 0 Å². The van der Waals surface area contributed by atoms with Gasteiger partial charge in [0, 0.05) is 13.2 Å². The molecular formula is C19H24ClN3O2. The molecule has 0 unspecified atom stereocenters. The monoisotopic (exact) mass is 361 g/mol. The van der Waals surface area contributed by atoms with Gasteiger partial charge in [-0.05, 0) is 31.4 Å². The van der Waals surface area contributed by atoms with Gasteiger partial charge in [0.05, 0.1) is 23.7 Å². The van der Waals surface area contributed by atoms with E-state index in [2.05, 4.69) is 10.4 Å². The lowest BCUT2D eigenvalue weighted by Crippen LogP contribution is -2.23. The van der Waals surface area contributed by atoms with Crippen LogP contribution in [0.1, 0.15) is 38.5 Å². The zero-order chi connectivity index (χ0) is 17.5. The van der Waals surface area contributed by atoms with Crippen molar-refractivity contribution in [3.8, 4) is 5.69 Å². The SMILES string of the molecule is O=c1c(Cl)c(NCCCOC2CCCCC2)cnn1-c1ccccc1. The van der Waals surface area contributed by atoms with Crippen LogP contribution in [0.15, 0.2) is 41.3 Å². The van der Waals surface area contributed by atoms with Gasteiger partial charge < -0.3 is 10.1 Å². The van der Waals surface area contributed by atoms with Crippen LogP contribution >= 0.6 is 11.6 Å². The lowest BCUT2D eigenvalue weighted by Gasteiger charge is -2.22. The van der Waals surface area contributed by atoms with Gasteiger partial charge in [0.15, 0.2) is 0 Å². The van der Waals surface area contributed by atoms with Crippen molar-refractivity contribution in [2.24, 2.45) is 0 Å². The van der Waals surface area contributed by atoms with Crippen LogP contribution in [0.25, 0.3) is 5.69 Å². The molecule has 6 heteroatoms. The van der Waals surface area contributed by atoms with Gasteiger partial charge in [-0.2, -0.15) is 9.78 Å². The summed E-state index contributed by atoms with van der Waals surface area (Å²) in [6.45, 7) is 1.42. The lowest BCUT2D eigenvalue weighted by atomic mass is 9.98. The van der Waals surface area contributed by atoms with Gasteiger partial charge >= 0.3 is 0 Å². The highest BCUT2D eigenvalue weighted by Gasteiger charge is 2.13. The molecule has 0 amide bonds. The Morgan fingerprint density at radius 2 is 1.96 bits per heavy atom. The van der Waals surface area contributed by atoms with E-state index >= 15 is 0 Å². The van der Waals surface area contributed by atoms with Gasteiger partial charge in [0.25, 0.3) is 5.56 Å². The van der Waals surface area contributed by atoms with Gasteiger partial charge in [-0.1, -0.05) is 49.1 Å². The Balaban J connectivity index is 1.51. The van der Waals surface area contributed by atoms with Crippen molar-refractivity contribution >= 4 is 17.3 Å². The number of halogens is 1. The van der Waals surface area contributed by atoms with E-state index in [0.717, 1.165) is 13.0 Å². The standard InChI is InChI=1S/C19H24ClN3O2/c20-18-17(21-12-7-13-25-16-10-5-2-6-11-16)14-22-23(19(18)24)15-8-3-1-4-9-15/h1,3-4,8-9,14,16,21H,2,5-7,10-13H2. The highest BCUT2D eigenvalue weighted by Crippen LogP contribution is 2.20. The molecule has 1 saturated carbocycles. The van der Waals surface area contributed by atoms with Crippen molar-refractivity contribution in [1.29, 1.82) is 0 Å². The van der Waals surface area contributed by atoms with Crippen molar-refractivity contribution < 1.29 is 4.74 Å². The van der Waals surface area contributed by atoms with E-state index in [0.29, 0.717) is 24.0 Å². The predicted octanol–water partition coefficient (Wildman–Crippen LogP) is 4.04. The Kier molecular flexibility index (Phi) is 6.48. The van der Waals surface area contributed by atoms with Crippen molar-refractivity contribution in [3.63, 3.8) is 0 Å². The second-order valence-corrected chi connectivity index (χ2v) is 6.71. The molecule has 5 nitrogen and oxygen atoms in total. The molecule has 0 bridgehead atoms. The number of rotatable bonds is 7. The average Bonchev–Trinajstić information content (AvgIpc) is 2.66. The summed E-state index contributed by atoms with van der Waals surface area (Å²) in [5.41, 5.74) is 0.940. The van der Waals surface area contributed by atoms with Crippen molar-refractivity contribution in [3.05, 3.63) is 51.9 Å². The summed E-state index contributed by atoms with van der Waals surface area (Å²) < 4.78 is 7.20. The van der Waals surface area contributed by atoms with Crippen LogP contribution in [-0.4, -0.2) is 29.0 Å². The maximum Gasteiger partial charge on any atom is 0.292 e. The summed E-state index contributed by atoms with van der Waals surface area (Å²) in [5, 5.41) is 7.55. The Hall–Kier alpha value is -1.85. The van der Waals surface area contributed by atoms with E-state index < -0.39 is 0 Å². The van der Waals surface area contributed by atoms with Crippen LogP contribution in [-0.2, 0) is 4.74 Å². The number of aromatic nitrogens is 2. The van der Waals surface area contributed by atoms with E-state index in [-0.39, 0.29) is 10.6 Å². The Labute approximate surface area is 153 Å². The summed E-state index contributed by atoms with van der Waals surface area (Å²) in [7, 11) is 0. The van der Waals surface area contributed by atoms with Crippen molar-refractivity contribution in [1.82, 2.24) is 9.78 Å². The number of nitrogens with zero attached hydrogens (tertiary/aromatic N) is 2. The number of nitrogens with one attached hydrogen (secondary N) is 1. The van der Waals surface area contributed by atoms with Crippen LogP contribution in [0.2, 0.25) is 5.02 Å². The molecule has 2 aromatic rings. The molecule has 0 atom stereocenters. The molecule has 1 N–H and O–H groups in total. The number of hydrogen-bond donors (Lipinski definition) is 1. The van der Waals surface area contributed by atoms with Crippen LogP contribution in [0.4, 0.5) is 5.69 Å². The van der Waals surface area contributed by atoms with Crippen LogP contribution in [0.3, 0.4) is 0 Å². The Morgan fingerprint density at radius 1 is 1.20 bits per heavy atom. The number of anilines is 1. The van der Waals surface area contributed by atoms with Crippen LogP contribution < -0.4 is 10.9 Å². The first kappa shape index (κ1) is 18.0. The molecule has 0 aliphatic heterocycles. The molecule has 1 aromatic carbocycles. The number of ether oxygens (including phenoxy) is 1. The quantitative estimate of drug-likeness (QED) is 0.756. The topological polar surface area (TPSA) is 56.1 Å². The van der Waals surface area contributed by atoms with Gasteiger partial charge in [-0.3, -0.25) is 4.79 Å². The summed E-state index contributed by atoms with van der Waals surface area (Å²) in [6.07, 6.45) is 9.15. The van der Waals surface area contributed by atoms with E-state index in [1.165, 1.54) is 36.8 Å². The second kappa shape index (κ2) is 9.02. The molecule has 25 heavy (non-hydrogen) atoms. The normalized spacial score (nSPS) is 15.2. The van der Waals surface area contributed by atoms with Crippen molar-refractivity contribution in [2.75, 3.05) is 18.5 Å². The van der Waals surface area contributed by atoms with Crippen molar-refractivity contribution in [2.45, 2.75) is 44.6 Å². The molecule has 1 aromatic heterocycles. The largest absolute Gasteiger partial charge is 0.382 e. The summed E-state index contributed by atoms with van der Waals surface area (Å²) in [6, 6.07) is 9.24. The predicted molar refractivity (Wildman–Crippen MR) is 101 cm³/mol. The highest BCUT2D eigenvalue weighted by atomic mass is 35.5. The highest BCUT2D eigenvalue weighted by molar-refractivity contribution is 6.32. The minimum absolute atomic E-state index is 0.159. The number of para-hydroxylation sites is 1. The fraction of sp³-hybridized carbons (Fsp3) is 0.474. The Bertz CT molecular complexity index is 727. The number of hydrogen-bond acceptors (Lipinski definition) is 4. The zero-order valence-corrected chi connectivity index (χ0v) is 15.0. The fourth-order valence-corrected chi connectivity index (χ4v) is 3.28. The van der Waals surface area contributed by atoms with E-state index in [4.69, 9.17) is 16.3 Å². The molecule has 3 rings (SSSR count). The van der Waals surface area contributed by atoms with E-state index in [1.807, 2.05) is 30.3 Å². The third-order valence-electron chi connectivity index (χ3n) is 4.46. The van der Waals surface area contributed by atoms with Gasteiger partial charge in [0.1, 0.15) is 5.02 Å². The molecule has 0 spiro atoms. The first-order valence-corrected chi connectivity index (χ1v) is 9.32. The average molecular weight is 362 g/mol. The third kappa shape index (κ3) is 4.83. The molecule has 134 valence electrons. The van der Waals surface area contributed by atoms with Gasteiger partial charge in [-0.25, -0.2) is 0 Å². The maximum atomic E-state index is 12.4. The minimum Gasteiger partial charge on any atom is -0.382 e. The molecule has 0 saturated heterocycles. The van der Waals surface area contributed by atoms with Gasteiger partial charge in [-0.15, -0.1) is 0 Å². The van der Waals surface area contributed by atoms with Crippen LogP contribution in [0.5, 0.6) is 0 Å². The molecule has 1 heterocycles. The molecule has 1 aliphatic carbocycles. The maximum absolute atomic E-state index is 12.4. The first-order valence-electron chi connectivity index (χ1n) is 8.94. The zero-order valence-electron chi connectivity index (χ0n) is 14.3. The smallest absolute Gasteiger partial charge is 0.292 e. The van der Waals surface area contributed by atoms with E-state index in [1.54, 1.807) is 6.20 Å². The van der Waals surface area contributed by atoms with Crippen LogP contribution in [0, 0.1) is 0 Å². The minimum atomic E-state index is -0.323. The third-order valence-corrected chi connectivity index (χ3v) is 4.83. The molecule has 0 radical (unpaired) electrons. The summed E-state index contributed by atoms with van der Waals surface area (Å²) >= 11 is 6.22. The summed E-state index contributed by atoms with van der Waals surface area (Å²) in [5.74, 6) is 0. The lowest BCUT2D eigenvalue weighted by molar-refractivity contribution is 0.0284. The Morgan fingerprint density at radius 3 is 2.72 bits per heavy atom. The fourth-order valence-electron chi connectivity index (χ4n) is 3.09. The second-order valence-electron chi connectivity index (χ2n) is 6.34. The molecule has 1 fully saturated rings. The molecular weight excluding hydrogens is 338 g/mol.